The van der Waals surface area contributed by atoms with E-state index in [2.05, 4.69) is 0 Å². The van der Waals surface area contributed by atoms with Gasteiger partial charge in [0.25, 0.3) is 0 Å². The van der Waals surface area contributed by atoms with Gasteiger partial charge in [-0.05, 0) is 73.1 Å². The van der Waals surface area contributed by atoms with Crippen molar-refractivity contribution in [1.29, 1.82) is 0 Å². The lowest BCUT2D eigenvalue weighted by Gasteiger charge is -2.19. The molecule has 1 atom stereocenters. The van der Waals surface area contributed by atoms with Crippen LogP contribution in [0.1, 0.15) is 41.7 Å². The summed E-state index contributed by atoms with van der Waals surface area (Å²) in [5.41, 5.74) is 9.82. The fourth-order valence-corrected chi connectivity index (χ4v) is 3.50. The zero-order chi connectivity index (χ0) is 20.4. The number of benzene rings is 2. The molecule has 2 aromatic rings. The van der Waals surface area contributed by atoms with Gasteiger partial charge in [-0.1, -0.05) is 26.0 Å². The van der Waals surface area contributed by atoms with E-state index in [-0.39, 0.29) is 12.2 Å². The Morgan fingerprint density at radius 1 is 1.04 bits per heavy atom. The lowest BCUT2D eigenvalue weighted by Crippen LogP contribution is -2.23. The number of ether oxygens (including phenoxy) is 1. The predicted molar refractivity (Wildman–Crippen MR) is 107 cm³/mol. The highest BCUT2D eigenvalue weighted by Crippen LogP contribution is 2.41. The fraction of sp³-hybridized carbons (Fsp3) is 0.400. The van der Waals surface area contributed by atoms with Gasteiger partial charge in [-0.3, -0.25) is 4.57 Å². The fourth-order valence-electron chi connectivity index (χ4n) is 3.05. The minimum Gasteiger partial charge on any atom is -0.507 e. The summed E-state index contributed by atoms with van der Waals surface area (Å²) in [6, 6.07) is 7.37. The Labute approximate surface area is 160 Å². The van der Waals surface area contributed by atoms with Gasteiger partial charge >= 0.3 is 7.60 Å². The van der Waals surface area contributed by atoms with E-state index >= 15 is 0 Å². The molecule has 2 aromatic carbocycles. The predicted octanol–water partition coefficient (Wildman–Crippen LogP) is 3.93. The average molecular weight is 393 g/mol. The molecule has 5 N–H and O–H groups in total. The van der Waals surface area contributed by atoms with E-state index in [1.165, 1.54) is 0 Å². The largest absolute Gasteiger partial charge is 0.507 e. The number of hydrogen-bond acceptors (Lipinski definition) is 4. The standard InChI is InChI=1S/C20H28NO5P/c1-5-15-9-14(11-18(21)27(23,24)25)10-16(6-2)20(15)26-17-7-12(3)19(22)13(4)8-17/h7-10,18,22H,5-6,11,21H2,1-4H3,(H2,23,24,25). The van der Waals surface area contributed by atoms with E-state index < -0.39 is 13.4 Å². The Morgan fingerprint density at radius 2 is 1.52 bits per heavy atom. The third-order valence-electron chi connectivity index (χ3n) is 4.63. The van der Waals surface area contributed by atoms with Crippen LogP contribution in [0, 0.1) is 13.8 Å². The van der Waals surface area contributed by atoms with Crippen LogP contribution in [0.2, 0.25) is 0 Å². The van der Waals surface area contributed by atoms with E-state index in [0.29, 0.717) is 18.6 Å². The highest BCUT2D eigenvalue weighted by atomic mass is 31.2. The van der Waals surface area contributed by atoms with Crippen molar-refractivity contribution in [1.82, 2.24) is 0 Å². The first-order valence-corrected chi connectivity index (χ1v) is 10.7. The minimum absolute atomic E-state index is 0.0992. The third kappa shape index (κ3) is 5.11. The van der Waals surface area contributed by atoms with Crippen LogP contribution in [0.5, 0.6) is 17.2 Å². The number of nitrogens with two attached hydrogens (primary N) is 1. The molecule has 148 valence electrons. The third-order valence-corrected chi connectivity index (χ3v) is 5.67. The number of phenolic OH excluding ortho intramolecular Hbond substituents is 1. The zero-order valence-electron chi connectivity index (χ0n) is 16.2. The summed E-state index contributed by atoms with van der Waals surface area (Å²) >= 11 is 0. The van der Waals surface area contributed by atoms with Crippen molar-refractivity contribution < 1.29 is 24.2 Å². The molecule has 0 saturated carbocycles. The molecule has 7 heteroatoms. The van der Waals surface area contributed by atoms with Gasteiger partial charge in [0.05, 0.1) is 0 Å². The summed E-state index contributed by atoms with van der Waals surface area (Å²) < 4.78 is 17.5. The lowest BCUT2D eigenvalue weighted by atomic mass is 9.98. The summed E-state index contributed by atoms with van der Waals surface area (Å²) in [6.45, 7) is 7.65. The Bertz CT molecular complexity index is 827. The topological polar surface area (TPSA) is 113 Å². The monoisotopic (exact) mass is 393 g/mol. The molecule has 0 aliphatic heterocycles. The van der Waals surface area contributed by atoms with Crippen LogP contribution in [0.3, 0.4) is 0 Å². The molecular formula is C20H28NO5P. The average Bonchev–Trinajstić information content (AvgIpc) is 2.59. The van der Waals surface area contributed by atoms with Crippen molar-refractivity contribution in [2.75, 3.05) is 0 Å². The molecule has 0 saturated heterocycles. The number of phenols is 1. The van der Waals surface area contributed by atoms with E-state index in [9.17, 15) is 19.5 Å². The van der Waals surface area contributed by atoms with Gasteiger partial charge in [0.1, 0.15) is 23.0 Å². The molecular weight excluding hydrogens is 365 g/mol. The van der Waals surface area contributed by atoms with Crippen LogP contribution in [-0.2, 0) is 23.8 Å². The summed E-state index contributed by atoms with van der Waals surface area (Å²) in [5, 5.41) is 9.95. The highest BCUT2D eigenvalue weighted by molar-refractivity contribution is 7.52. The molecule has 0 fully saturated rings. The second-order valence-corrected chi connectivity index (χ2v) is 8.66. The maximum Gasteiger partial charge on any atom is 0.342 e. The molecule has 0 bridgehead atoms. The second-order valence-electron chi connectivity index (χ2n) is 6.82. The van der Waals surface area contributed by atoms with E-state index in [4.69, 9.17) is 10.5 Å². The first-order chi connectivity index (χ1) is 12.6. The number of rotatable bonds is 7. The van der Waals surface area contributed by atoms with Crippen molar-refractivity contribution in [3.8, 4) is 17.2 Å². The molecule has 0 amide bonds. The molecule has 0 spiro atoms. The SMILES string of the molecule is CCc1cc(CC(N)P(=O)(O)O)cc(CC)c1Oc1cc(C)c(O)c(C)c1. The molecule has 0 aliphatic rings. The van der Waals surface area contributed by atoms with Gasteiger partial charge in [-0.15, -0.1) is 0 Å². The normalized spacial score (nSPS) is 12.9. The smallest absolute Gasteiger partial charge is 0.342 e. The van der Waals surface area contributed by atoms with Crippen LogP contribution >= 0.6 is 7.60 Å². The number of aromatic hydroxyl groups is 1. The van der Waals surface area contributed by atoms with Crippen molar-refractivity contribution >= 4 is 7.60 Å². The first-order valence-electron chi connectivity index (χ1n) is 9.00. The second kappa shape index (κ2) is 8.44. The Kier molecular flexibility index (Phi) is 6.71. The van der Waals surface area contributed by atoms with Crippen molar-refractivity contribution in [3.05, 3.63) is 52.1 Å². The zero-order valence-corrected chi connectivity index (χ0v) is 17.1. The Morgan fingerprint density at radius 3 is 1.93 bits per heavy atom. The molecule has 0 aliphatic carbocycles. The van der Waals surface area contributed by atoms with Crippen LogP contribution in [0.25, 0.3) is 0 Å². The van der Waals surface area contributed by atoms with E-state index in [0.717, 1.165) is 33.6 Å². The molecule has 0 heterocycles. The lowest BCUT2D eigenvalue weighted by molar-refractivity contribution is 0.358. The van der Waals surface area contributed by atoms with E-state index in [1.54, 1.807) is 12.1 Å². The van der Waals surface area contributed by atoms with Crippen molar-refractivity contribution in [2.24, 2.45) is 5.73 Å². The van der Waals surface area contributed by atoms with Crippen LogP contribution in [0.15, 0.2) is 24.3 Å². The molecule has 1 unspecified atom stereocenters. The summed E-state index contributed by atoms with van der Waals surface area (Å²) in [5.74, 6) is 0.432. The van der Waals surface area contributed by atoms with Crippen LogP contribution < -0.4 is 10.5 Å². The van der Waals surface area contributed by atoms with Gasteiger partial charge in [-0.25, -0.2) is 0 Å². The number of hydrogen-bond donors (Lipinski definition) is 4. The maximum absolute atomic E-state index is 11.4. The van der Waals surface area contributed by atoms with Crippen molar-refractivity contribution in [3.63, 3.8) is 0 Å². The van der Waals surface area contributed by atoms with Gasteiger partial charge in [0, 0.05) is 0 Å². The van der Waals surface area contributed by atoms with Gasteiger partial charge in [0.15, 0.2) is 0 Å². The summed E-state index contributed by atoms with van der Waals surface area (Å²) in [4.78, 5) is 18.5. The summed E-state index contributed by atoms with van der Waals surface area (Å²) in [6.07, 6.45) is 1.51. The first kappa shape index (κ1) is 21.5. The van der Waals surface area contributed by atoms with E-state index in [1.807, 2.05) is 39.8 Å². The molecule has 27 heavy (non-hydrogen) atoms. The Balaban J connectivity index is 2.43. The highest BCUT2D eigenvalue weighted by Gasteiger charge is 2.25. The molecule has 0 aromatic heterocycles. The van der Waals surface area contributed by atoms with Gasteiger partial charge in [-0.2, -0.15) is 0 Å². The molecule has 0 radical (unpaired) electrons. The number of aryl methyl sites for hydroxylation is 4. The quantitative estimate of drug-likeness (QED) is 0.530. The molecule has 2 rings (SSSR count). The van der Waals surface area contributed by atoms with Crippen molar-refractivity contribution in [2.45, 2.75) is 52.7 Å². The molecule has 6 nitrogen and oxygen atoms in total. The minimum atomic E-state index is -4.33. The van der Waals surface area contributed by atoms with Crippen LogP contribution in [0.4, 0.5) is 0 Å². The van der Waals surface area contributed by atoms with Crippen LogP contribution in [-0.4, -0.2) is 20.7 Å². The maximum atomic E-state index is 11.4. The summed E-state index contributed by atoms with van der Waals surface area (Å²) in [7, 11) is -4.33. The Hall–Kier alpha value is -1.85. The van der Waals surface area contributed by atoms with Gasteiger partial charge in [0.2, 0.25) is 0 Å². The van der Waals surface area contributed by atoms with Gasteiger partial charge < -0.3 is 25.4 Å².